The van der Waals surface area contributed by atoms with Crippen molar-refractivity contribution in [3.8, 4) is 0 Å². The van der Waals surface area contributed by atoms with Gasteiger partial charge in [-0.1, -0.05) is 6.07 Å². The van der Waals surface area contributed by atoms with Crippen LogP contribution in [0.5, 0.6) is 0 Å². The van der Waals surface area contributed by atoms with Gasteiger partial charge in [0, 0.05) is 18.7 Å². The Balaban J connectivity index is 2.33. The van der Waals surface area contributed by atoms with Gasteiger partial charge >= 0.3 is 0 Å². The van der Waals surface area contributed by atoms with E-state index >= 15 is 0 Å². The van der Waals surface area contributed by atoms with E-state index in [1.807, 2.05) is 0 Å². The Hall–Kier alpha value is -1.35. The molecule has 0 radical (unpaired) electrons. The topological polar surface area (TPSA) is 43.3 Å². The molecule has 2 aromatic heterocycles. The van der Waals surface area contributed by atoms with Gasteiger partial charge in [0.2, 0.25) is 0 Å². The molecular formula is C12H15N3. The number of nitrogens with zero attached hydrogens (tertiary/aromatic N) is 2. The van der Waals surface area contributed by atoms with Crippen LogP contribution in [0.25, 0.3) is 5.52 Å². The zero-order valence-corrected chi connectivity index (χ0v) is 8.90. The van der Waals surface area contributed by atoms with Crippen LogP contribution in [0, 0.1) is 6.92 Å². The molecule has 0 aromatic carbocycles. The predicted molar refractivity (Wildman–Crippen MR) is 59.8 cm³/mol. The average Bonchev–Trinajstić information content (AvgIpc) is 3.00. The van der Waals surface area contributed by atoms with Gasteiger partial charge in [-0.15, -0.1) is 0 Å². The molecule has 1 aliphatic rings. The van der Waals surface area contributed by atoms with Crippen LogP contribution in [-0.4, -0.2) is 9.38 Å². The molecule has 2 aromatic rings. The van der Waals surface area contributed by atoms with Gasteiger partial charge in [0.05, 0.1) is 11.2 Å². The number of rotatable bonds is 2. The highest BCUT2D eigenvalue weighted by Gasteiger charge is 2.29. The second-order valence-electron chi connectivity index (χ2n) is 4.30. The molecule has 1 fully saturated rings. The van der Waals surface area contributed by atoms with Gasteiger partial charge in [-0.25, -0.2) is 4.98 Å². The van der Waals surface area contributed by atoms with E-state index in [2.05, 4.69) is 34.6 Å². The summed E-state index contributed by atoms with van der Waals surface area (Å²) < 4.78 is 2.22. The van der Waals surface area contributed by atoms with Crippen molar-refractivity contribution in [2.24, 2.45) is 5.73 Å². The van der Waals surface area contributed by atoms with Gasteiger partial charge in [-0.05, 0) is 31.4 Å². The molecule has 0 bridgehead atoms. The first kappa shape index (κ1) is 8.92. The normalized spacial score (nSPS) is 16.1. The molecule has 3 heteroatoms. The fraction of sp³-hybridized carbons (Fsp3) is 0.417. The Labute approximate surface area is 88.9 Å². The van der Waals surface area contributed by atoms with Crippen LogP contribution in [-0.2, 0) is 6.54 Å². The summed E-state index contributed by atoms with van der Waals surface area (Å²) in [5, 5.41) is 0. The summed E-state index contributed by atoms with van der Waals surface area (Å²) in [6.07, 6.45) is 4.65. The Morgan fingerprint density at radius 2 is 2.33 bits per heavy atom. The van der Waals surface area contributed by atoms with Crippen molar-refractivity contribution in [3.05, 3.63) is 35.4 Å². The zero-order valence-electron chi connectivity index (χ0n) is 8.90. The standard InChI is InChI=1S/C12H15N3/c1-8-3-2-6-15-11(8)10(7-13)14-12(15)9-4-5-9/h2-3,6,9H,4-5,7,13H2,1H3. The van der Waals surface area contributed by atoms with Gasteiger partial charge in [-0.3, -0.25) is 0 Å². The summed E-state index contributed by atoms with van der Waals surface area (Å²) in [6.45, 7) is 2.65. The van der Waals surface area contributed by atoms with Gasteiger partial charge in [0.25, 0.3) is 0 Å². The molecule has 3 rings (SSSR count). The lowest BCUT2D eigenvalue weighted by Gasteiger charge is -2.01. The van der Waals surface area contributed by atoms with E-state index in [0.29, 0.717) is 12.5 Å². The van der Waals surface area contributed by atoms with Gasteiger partial charge < -0.3 is 10.1 Å². The van der Waals surface area contributed by atoms with Crippen molar-refractivity contribution in [2.45, 2.75) is 32.2 Å². The fourth-order valence-corrected chi connectivity index (χ4v) is 2.19. The van der Waals surface area contributed by atoms with Gasteiger partial charge in [0.1, 0.15) is 5.82 Å². The minimum Gasteiger partial charge on any atom is -0.325 e. The number of nitrogens with two attached hydrogens (primary N) is 1. The minimum atomic E-state index is 0.529. The lowest BCUT2D eigenvalue weighted by Crippen LogP contribution is -1.98. The SMILES string of the molecule is Cc1cccn2c(C3CC3)nc(CN)c12. The molecule has 0 atom stereocenters. The fourth-order valence-electron chi connectivity index (χ4n) is 2.19. The predicted octanol–water partition coefficient (Wildman–Crippen LogP) is 1.98. The quantitative estimate of drug-likeness (QED) is 0.807. The van der Waals surface area contributed by atoms with E-state index in [-0.39, 0.29) is 0 Å². The van der Waals surface area contributed by atoms with Crippen LogP contribution in [0.3, 0.4) is 0 Å². The van der Waals surface area contributed by atoms with E-state index < -0.39 is 0 Å². The monoisotopic (exact) mass is 201 g/mol. The van der Waals surface area contributed by atoms with Crippen molar-refractivity contribution in [1.82, 2.24) is 9.38 Å². The second kappa shape index (κ2) is 3.07. The number of imidazole rings is 1. The van der Waals surface area contributed by atoms with Crippen LogP contribution in [0.15, 0.2) is 18.3 Å². The highest BCUT2D eigenvalue weighted by Crippen LogP contribution is 2.40. The van der Waals surface area contributed by atoms with Crippen LogP contribution >= 0.6 is 0 Å². The third-order valence-electron chi connectivity index (χ3n) is 3.10. The summed E-state index contributed by atoms with van der Waals surface area (Å²) in [5.74, 6) is 1.87. The molecule has 0 aliphatic heterocycles. The van der Waals surface area contributed by atoms with E-state index in [1.165, 1.54) is 29.7 Å². The average molecular weight is 201 g/mol. The third-order valence-corrected chi connectivity index (χ3v) is 3.10. The van der Waals surface area contributed by atoms with Crippen LogP contribution in [0.4, 0.5) is 0 Å². The van der Waals surface area contributed by atoms with E-state index in [0.717, 1.165) is 5.69 Å². The van der Waals surface area contributed by atoms with Crippen LogP contribution in [0.1, 0.15) is 35.8 Å². The molecule has 15 heavy (non-hydrogen) atoms. The summed E-state index contributed by atoms with van der Waals surface area (Å²) >= 11 is 0. The van der Waals surface area contributed by atoms with Gasteiger partial charge in [0.15, 0.2) is 0 Å². The summed E-state index contributed by atoms with van der Waals surface area (Å²) in [7, 11) is 0. The lowest BCUT2D eigenvalue weighted by atomic mass is 10.2. The third kappa shape index (κ3) is 1.27. The Morgan fingerprint density at radius 3 is 3.00 bits per heavy atom. The molecule has 0 saturated heterocycles. The minimum absolute atomic E-state index is 0.529. The maximum Gasteiger partial charge on any atom is 0.116 e. The molecule has 3 nitrogen and oxygen atoms in total. The smallest absolute Gasteiger partial charge is 0.116 e. The Bertz CT molecular complexity index is 509. The van der Waals surface area contributed by atoms with Crippen molar-refractivity contribution in [3.63, 3.8) is 0 Å². The number of hydrogen-bond acceptors (Lipinski definition) is 2. The highest BCUT2D eigenvalue weighted by atomic mass is 15.0. The van der Waals surface area contributed by atoms with Crippen molar-refractivity contribution < 1.29 is 0 Å². The van der Waals surface area contributed by atoms with Crippen LogP contribution in [0.2, 0.25) is 0 Å². The van der Waals surface area contributed by atoms with Gasteiger partial charge in [-0.2, -0.15) is 0 Å². The molecule has 78 valence electrons. The van der Waals surface area contributed by atoms with Crippen LogP contribution < -0.4 is 5.73 Å². The first-order valence-corrected chi connectivity index (χ1v) is 5.47. The van der Waals surface area contributed by atoms with E-state index in [1.54, 1.807) is 0 Å². The maximum absolute atomic E-state index is 5.74. The molecule has 0 spiro atoms. The molecule has 2 heterocycles. The van der Waals surface area contributed by atoms with Crippen molar-refractivity contribution in [2.75, 3.05) is 0 Å². The van der Waals surface area contributed by atoms with E-state index in [9.17, 15) is 0 Å². The number of aryl methyl sites for hydroxylation is 1. The highest BCUT2D eigenvalue weighted by molar-refractivity contribution is 5.60. The summed E-state index contributed by atoms with van der Waals surface area (Å²) in [6, 6.07) is 4.20. The Kier molecular flexibility index (Phi) is 1.83. The molecule has 2 N–H and O–H groups in total. The second-order valence-corrected chi connectivity index (χ2v) is 4.30. The molecule has 0 unspecified atom stereocenters. The number of aromatic nitrogens is 2. The van der Waals surface area contributed by atoms with Crippen molar-refractivity contribution in [1.29, 1.82) is 0 Å². The summed E-state index contributed by atoms with van der Waals surface area (Å²) in [5.41, 5.74) is 9.25. The first-order valence-electron chi connectivity index (χ1n) is 5.47. The zero-order chi connectivity index (χ0) is 10.4. The van der Waals surface area contributed by atoms with E-state index in [4.69, 9.17) is 5.73 Å². The maximum atomic E-state index is 5.74. The largest absolute Gasteiger partial charge is 0.325 e. The molecular weight excluding hydrogens is 186 g/mol. The molecule has 0 amide bonds. The number of hydrogen-bond donors (Lipinski definition) is 1. The lowest BCUT2D eigenvalue weighted by molar-refractivity contribution is 0.903. The Morgan fingerprint density at radius 1 is 1.53 bits per heavy atom. The first-order chi connectivity index (χ1) is 7.31. The number of fused-ring (bicyclic) bond motifs is 1. The summed E-state index contributed by atoms with van der Waals surface area (Å²) in [4.78, 5) is 4.67. The number of pyridine rings is 1. The molecule has 1 aliphatic carbocycles. The van der Waals surface area contributed by atoms with Crippen molar-refractivity contribution >= 4 is 5.52 Å². The molecule has 1 saturated carbocycles.